The van der Waals surface area contributed by atoms with Gasteiger partial charge in [-0.25, -0.2) is 13.1 Å². The number of nitrogen functional groups attached to an aromatic ring is 1. The van der Waals surface area contributed by atoms with E-state index in [9.17, 15) is 8.42 Å². The second-order valence-corrected chi connectivity index (χ2v) is 7.75. The lowest BCUT2D eigenvalue weighted by atomic mass is 9.96. The zero-order chi connectivity index (χ0) is 13.9. The lowest BCUT2D eigenvalue weighted by Crippen LogP contribution is -2.38. The first-order valence-electron chi connectivity index (χ1n) is 6.42. The van der Waals surface area contributed by atoms with Crippen molar-refractivity contribution < 1.29 is 8.42 Å². The highest BCUT2D eigenvalue weighted by Crippen LogP contribution is 2.27. The second-order valence-electron chi connectivity index (χ2n) is 4.90. The van der Waals surface area contributed by atoms with E-state index in [0.717, 1.165) is 25.7 Å². The van der Waals surface area contributed by atoms with Crippen molar-refractivity contribution in [2.75, 3.05) is 12.0 Å². The molecule has 1 aromatic rings. The molecule has 0 heterocycles. The fraction of sp³-hybridized carbons (Fsp3) is 0.538. The number of benzene rings is 1. The summed E-state index contributed by atoms with van der Waals surface area (Å²) in [4.78, 5) is 0.286. The molecule has 0 spiro atoms. The molecule has 4 nitrogen and oxygen atoms in total. The largest absolute Gasteiger partial charge is 0.399 e. The lowest BCUT2D eigenvalue weighted by molar-refractivity contribution is 0.420. The molecular formula is C13H20N2O2S2. The first-order valence-corrected chi connectivity index (χ1v) is 9.19. The smallest absolute Gasteiger partial charge is 0.240 e. The van der Waals surface area contributed by atoms with E-state index in [1.807, 2.05) is 11.8 Å². The van der Waals surface area contributed by atoms with Crippen molar-refractivity contribution in [2.24, 2.45) is 0 Å². The third kappa shape index (κ3) is 3.87. The third-order valence-electron chi connectivity index (χ3n) is 3.52. The van der Waals surface area contributed by atoms with E-state index < -0.39 is 10.0 Å². The molecule has 106 valence electrons. The molecule has 2 rings (SSSR count). The van der Waals surface area contributed by atoms with Crippen LogP contribution in [0.5, 0.6) is 0 Å². The standard InChI is InChI=1S/C13H20N2O2S2/c1-18-12-6-4-11(5-7-12)15-19(16,17)13-8-2-10(14)3-9-13/h2-3,8-9,11-12,15H,4-7,14H2,1H3. The number of nitrogens with two attached hydrogens (primary N) is 1. The summed E-state index contributed by atoms with van der Waals surface area (Å²) in [5.41, 5.74) is 6.14. The summed E-state index contributed by atoms with van der Waals surface area (Å²) in [6.07, 6.45) is 6.11. The number of thioether (sulfide) groups is 1. The third-order valence-corrected chi connectivity index (χ3v) is 6.19. The van der Waals surface area contributed by atoms with Gasteiger partial charge in [0.05, 0.1) is 4.90 Å². The van der Waals surface area contributed by atoms with Gasteiger partial charge in [-0.05, 0) is 56.2 Å². The minimum absolute atomic E-state index is 0.0611. The number of hydrogen-bond acceptors (Lipinski definition) is 4. The molecule has 0 saturated heterocycles. The van der Waals surface area contributed by atoms with Gasteiger partial charge in [-0.2, -0.15) is 11.8 Å². The van der Waals surface area contributed by atoms with Crippen LogP contribution in [0.25, 0.3) is 0 Å². The Kier molecular flexibility index (Phi) is 4.76. The van der Waals surface area contributed by atoms with Crippen LogP contribution in [-0.2, 0) is 10.0 Å². The highest BCUT2D eigenvalue weighted by Gasteiger charge is 2.25. The van der Waals surface area contributed by atoms with Crippen LogP contribution in [0.1, 0.15) is 25.7 Å². The summed E-state index contributed by atoms with van der Waals surface area (Å²) >= 11 is 1.87. The zero-order valence-electron chi connectivity index (χ0n) is 11.0. The average Bonchev–Trinajstić information content (AvgIpc) is 2.40. The van der Waals surface area contributed by atoms with E-state index in [4.69, 9.17) is 5.73 Å². The first kappa shape index (κ1) is 14.7. The Morgan fingerprint density at radius 3 is 2.26 bits per heavy atom. The summed E-state index contributed by atoms with van der Waals surface area (Å²) in [5, 5.41) is 0.678. The lowest BCUT2D eigenvalue weighted by Gasteiger charge is -2.27. The van der Waals surface area contributed by atoms with Crippen LogP contribution in [0.3, 0.4) is 0 Å². The number of sulfonamides is 1. The summed E-state index contributed by atoms with van der Waals surface area (Å²) in [6, 6.07) is 6.38. The summed E-state index contributed by atoms with van der Waals surface area (Å²) in [6.45, 7) is 0. The molecule has 0 unspecified atom stereocenters. The topological polar surface area (TPSA) is 72.2 Å². The van der Waals surface area contributed by atoms with Gasteiger partial charge in [0, 0.05) is 17.0 Å². The first-order chi connectivity index (χ1) is 9.01. The quantitative estimate of drug-likeness (QED) is 0.836. The van der Waals surface area contributed by atoms with Gasteiger partial charge in [0.15, 0.2) is 0 Å². The van der Waals surface area contributed by atoms with Gasteiger partial charge >= 0.3 is 0 Å². The van der Waals surface area contributed by atoms with Crippen LogP contribution in [0.4, 0.5) is 5.69 Å². The Labute approximate surface area is 119 Å². The maximum atomic E-state index is 12.2. The Balaban J connectivity index is 2.00. The summed E-state index contributed by atoms with van der Waals surface area (Å²) < 4.78 is 27.2. The van der Waals surface area contributed by atoms with E-state index in [0.29, 0.717) is 10.9 Å². The number of hydrogen-bond donors (Lipinski definition) is 2. The molecule has 19 heavy (non-hydrogen) atoms. The molecule has 6 heteroatoms. The van der Waals surface area contributed by atoms with Crippen molar-refractivity contribution in [1.29, 1.82) is 0 Å². The van der Waals surface area contributed by atoms with Crippen LogP contribution in [0.2, 0.25) is 0 Å². The SMILES string of the molecule is CSC1CCC(NS(=O)(=O)c2ccc(N)cc2)CC1. The van der Waals surface area contributed by atoms with E-state index in [2.05, 4.69) is 11.0 Å². The Morgan fingerprint density at radius 2 is 1.74 bits per heavy atom. The minimum Gasteiger partial charge on any atom is -0.399 e. The van der Waals surface area contributed by atoms with Crippen LogP contribution >= 0.6 is 11.8 Å². The Morgan fingerprint density at radius 1 is 1.16 bits per heavy atom. The summed E-state index contributed by atoms with van der Waals surface area (Å²) in [5.74, 6) is 0. The van der Waals surface area contributed by atoms with Gasteiger partial charge in [-0.15, -0.1) is 0 Å². The molecule has 1 fully saturated rings. The van der Waals surface area contributed by atoms with Crippen LogP contribution < -0.4 is 10.5 Å². The van der Waals surface area contributed by atoms with Crippen LogP contribution in [0.15, 0.2) is 29.2 Å². The van der Waals surface area contributed by atoms with Crippen molar-refractivity contribution in [1.82, 2.24) is 4.72 Å². The number of anilines is 1. The van der Waals surface area contributed by atoms with Crippen molar-refractivity contribution in [3.63, 3.8) is 0 Å². The minimum atomic E-state index is -3.41. The van der Waals surface area contributed by atoms with Gasteiger partial charge in [-0.1, -0.05) is 0 Å². The van der Waals surface area contributed by atoms with E-state index in [-0.39, 0.29) is 10.9 Å². The molecule has 0 radical (unpaired) electrons. The average molecular weight is 300 g/mol. The van der Waals surface area contributed by atoms with Crippen LogP contribution in [-0.4, -0.2) is 26.0 Å². The maximum absolute atomic E-state index is 12.2. The van der Waals surface area contributed by atoms with Crippen molar-refractivity contribution >= 4 is 27.5 Å². The second kappa shape index (κ2) is 6.15. The Hall–Kier alpha value is -0.720. The van der Waals surface area contributed by atoms with Crippen molar-refractivity contribution in [3.8, 4) is 0 Å². The molecule has 1 aliphatic carbocycles. The van der Waals surface area contributed by atoms with Gasteiger partial charge in [0.25, 0.3) is 0 Å². The van der Waals surface area contributed by atoms with Gasteiger partial charge in [0.2, 0.25) is 10.0 Å². The molecule has 3 N–H and O–H groups in total. The monoisotopic (exact) mass is 300 g/mol. The maximum Gasteiger partial charge on any atom is 0.240 e. The van der Waals surface area contributed by atoms with Crippen LogP contribution in [0, 0.1) is 0 Å². The molecule has 0 atom stereocenters. The van der Waals surface area contributed by atoms with Crippen molar-refractivity contribution in [3.05, 3.63) is 24.3 Å². The fourth-order valence-electron chi connectivity index (χ4n) is 2.35. The summed E-state index contributed by atoms with van der Waals surface area (Å²) in [7, 11) is -3.41. The molecule has 0 amide bonds. The Bertz CT molecular complexity index is 506. The van der Waals surface area contributed by atoms with E-state index in [1.165, 1.54) is 0 Å². The van der Waals surface area contributed by atoms with Crippen molar-refractivity contribution in [2.45, 2.75) is 41.9 Å². The zero-order valence-corrected chi connectivity index (χ0v) is 12.6. The molecule has 1 aromatic carbocycles. The highest BCUT2D eigenvalue weighted by molar-refractivity contribution is 7.99. The molecule has 0 aliphatic heterocycles. The van der Waals surface area contributed by atoms with E-state index >= 15 is 0 Å². The van der Waals surface area contributed by atoms with E-state index in [1.54, 1.807) is 24.3 Å². The number of nitrogens with one attached hydrogen (secondary N) is 1. The predicted molar refractivity (Wildman–Crippen MR) is 80.7 cm³/mol. The van der Waals surface area contributed by atoms with Gasteiger partial charge in [0.1, 0.15) is 0 Å². The number of rotatable bonds is 4. The molecule has 1 aliphatic rings. The molecular weight excluding hydrogens is 280 g/mol. The normalized spacial score (nSPS) is 24.3. The van der Waals surface area contributed by atoms with Gasteiger partial charge in [-0.3, -0.25) is 0 Å². The van der Waals surface area contributed by atoms with Gasteiger partial charge < -0.3 is 5.73 Å². The predicted octanol–water partition coefficient (Wildman–Crippen LogP) is 2.22. The molecule has 0 bridgehead atoms. The molecule has 0 aromatic heterocycles. The fourth-order valence-corrected chi connectivity index (χ4v) is 4.40. The highest BCUT2D eigenvalue weighted by atomic mass is 32.2. The molecule has 1 saturated carbocycles.